The lowest BCUT2D eigenvalue weighted by atomic mass is 10.0. The van der Waals surface area contributed by atoms with Crippen molar-refractivity contribution in [1.82, 2.24) is 15.0 Å². The van der Waals surface area contributed by atoms with E-state index in [1.54, 1.807) is 0 Å². The minimum absolute atomic E-state index is 0.0878. The fraction of sp³-hybridized carbons (Fsp3) is 0.222. The third kappa shape index (κ3) is 3.10. The van der Waals surface area contributed by atoms with Crippen LogP contribution in [0.4, 0.5) is 14.6 Å². The zero-order chi connectivity index (χ0) is 18.3. The van der Waals surface area contributed by atoms with Crippen molar-refractivity contribution < 1.29 is 13.9 Å². The van der Waals surface area contributed by atoms with Crippen LogP contribution in [0.15, 0.2) is 24.3 Å². The summed E-state index contributed by atoms with van der Waals surface area (Å²) in [6, 6.07) is 3.97. The number of H-pyrrole nitrogens is 1. The molecule has 0 saturated heterocycles. The van der Waals surface area contributed by atoms with Gasteiger partial charge in [-0.15, -0.1) is 0 Å². The van der Waals surface area contributed by atoms with Crippen LogP contribution in [-0.4, -0.2) is 20.1 Å². The number of rotatable bonds is 4. The Hall–Kier alpha value is -2.67. The van der Waals surface area contributed by atoms with E-state index in [0.717, 1.165) is 24.8 Å². The summed E-state index contributed by atoms with van der Waals surface area (Å²) >= 11 is 6.12. The lowest BCUT2D eigenvalue weighted by Crippen LogP contribution is -2.07. The van der Waals surface area contributed by atoms with Crippen molar-refractivity contribution >= 4 is 34.2 Å². The van der Waals surface area contributed by atoms with Crippen molar-refractivity contribution in [3.8, 4) is 6.01 Å². The van der Waals surface area contributed by atoms with Crippen LogP contribution in [-0.2, 0) is 6.54 Å². The summed E-state index contributed by atoms with van der Waals surface area (Å²) in [6.45, 7) is -0.119. The molecule has 0 aliphatic heterocycles. The molecule has 5 nitrogen and oxygen atoms in total. The summed E-state index contributed by atoms with van der Waals surface area (Å²) in [5.74, 6) is -1.00. The predicted octanol–water partition coefficient (Wildman–Crippen LogP) is 4.77. The Labute approximate surface area is 152 Å². The number of hydrogen-bond acceptors (Lipinski definition) is 4. The number of benzene rings is 1. The van der Waals surface area contributed by atoms with Gasteiger partial charge in [0.2, 0.25) is 0 Å². The number of nitrogens with zero attached hydrogens (tertiary/aromatic N) is 2. The number of aromatic hydroxyl groups is 1. The number of fused-ring (bicyclic) bond motifs is 1. The first-order valence-corrected chi connectivity index (χ1v) is 8.55. The molecular formula is C18H15ClF2N4O. The normalized spacial score (nSPS) is 14.0. The largest absolute Gasteiger partial charge is 0.480 e. The van der Waals surface area contributed by atoms with E-state index >= 15 is 0 Å². The number of aromatic amines is 1. The Balaban J connectivity index is 1.59. The Kier molecular flexibility index (Phi) is 4.24. The summed E-state index contributed by atoms with van der Waals surface area (Å²) in [5, 5.41) is 12.4. The summed E-state index contributed by atoms with van der Waals surface area (Å²) in [5.41, 5.74) is 2.19. The molecular weight excluding hydrogens is 362 g/mol. The molecule has 2 heterocycles. The molecule has 0 atom stereocenters. The van der Waals surface area contributed by atoms with Gasteiger partial charge in [-0.25, -0.2) is 13.8 Å². The maximum atomic E-state index is 14.4. The first-order valence-electron chi connectivity index (χ1n) is 8.17. The molecule has 1 aromatic carbocycles. The Bertz CT molecular complexity index is 1010. The molecule has 26 heavy (non-hydrogen) atoms. The first kappa shape index (κ1) is 16.8. The molecule has 1 aliphatic carbocycles. The highest BCUT2D eigenvalue weighted by atomic mass is 35.5. The number of anilines is 1. The molecule has 0 amide bonds. The monoisotopic (exact) mass is 376 g/mol. The molecule has 0 fully saturated rings. The standard InChI is InChI=1S/C18H15ClF2N4O/c19-12-7-15-17(25-18(26)23-15)24-16(12)22-8-11-13(20)5-10(6-14(11)21)9-3-1-2-4-9/h3,5-7H,1-2,4,8H2,(H3,22,23,24,25,26). The molecule has 2 aromatic heterocycles. The van der Waals surface area contributed by atoms with E-state index < -0.39 is 11.6 Å². The minimum atomic E-state index is -0.616. The van der Waals surface area contributed by atoms with Crippen molar-refractivity contribution in [3.05, 3.63) is 52.1 Å². The molecule has 3 aromatic rings. The van der Waals surface area contributed by atoms with Crippen molar-refractivity contribution in [1.29, 1.82) is 0 Å². The molecule has 0 bridgehead atoms. The SMILES string of the molecule is Oc1nc2nc(NCc3c(F)cc(C4=CCCC4)cc3F)c(Cl)cc2[nH]1. The van der Waals surface area contributed by atoms with Crippen molar-refractivity contribution in [3.63, 3.8) is 0 Å². The minimum Gasteiger partial charge on any atom is -0.480 e. The van der Waals surface area contributed by atoms with E-state index in [9.17, 15) is 13.9 Å². The number of aromatic nitrogens is 3. The topological polar surface area (TPSA) is 73.8 Å². The highest BCUT2D eigenvalue weighted by Crippen LogP contribution is 2.30. The summed E-state index contributed by atoms with van der Waals surface area (Å²) in [7, 11) is 0. The van der Waals surface area contributed by atoms with Gasteiger partial charge in [-0.2, -0.15) is 4.98 Å². The van der Waals surface area contributed by atoms with Gasteiger partial charge in [0.05, 0.1) is 10.5 Å². The van der Waals surface area contributed by atoms with Crippen LogP contribution in [0.3, 0.4) is 0 Å². The van der Waals surface area contributed by atoms with Crippen LogP contribution < -0.4 is 5.32 Å². The molecule has 0 spiro atoms. The number of nitrogens with one attached hydrogen (secondary N) is 2. The van der Waals surface area contributed by atoms with Gasteiger partial charge in [0.25, 0.3) is 6.01 Å². The van der Waals surface area contributed by atoms with Gasteiger partial charge >= 0.3 is 0 Å². The number of imidazole rings is 1. The average Bonchev–Trinajstić information content (AvgIpc) is 3.22. The van der Waals surface area contributed by atoms with E-state index in [1.165, 1.54) is 18.2 Å². The zero-order valence-corrected chi connectivity index (χ0v) is 14.4. The van der Waals surface area contributed by atoms with E-state index in [1.807, 2.05) is 6.08 Å². The second-order valence-corrected chi connectivity index (χ2v) is 6.55. The van der Waals surface area contributed by atoms with Crippen LogP contribution in [0.5, 0.6) is 6.01 Å². The summed E-state index contributed by atoms with van der Waals surface area (Å²) in [6.07, 6.45) is 4.81. The van der Waals surface area contributed by atoms with Crippen molar-refractivity contribution in [2.45, 2.75) is 25.8 Å². The quantitative estimate of drug-likeness (QED) is 0.613. The smallest absolute Gasteiger partial charge is 0.293 e. The third-order valence-corrected chi connectivity index (χ3v) is 4.69. The van der Waals surface area contributed by atoms with Gasteiger partial charge < -0.3 is 15.4 Å². The van der Waals surface area contributed by atoms with E-state index in [0.29, 0.717) is 11.1 Å². The summed E-state index contributed by atoms with van der Waals surface area (Å²) < 4.78 is 28.8. The highest BCUT2D eigenvalue weighted by molar-refractivity contribution is 6.33. The third-order valence-electron chi connectivity index (χ3n) is 4.40. The van der Waals surface area contributed by atoms with E-state index in [-0.39, 0.29) is 34.6 Å². The van der Waals surface area contributed by atoms with Crippen molar-refractivity contribution in [2.24, 2.45) is 0 Å². The van der Waals surface area contributed by atoms with Crippen LogP contribution in [0.25, 0.3) is 16.7 Å². The Morgan fingerprint density at radius 3 is 2.65 bits per heavy atom. The number of allylic oxidation sites excluding steroid dienone is 2. The number of hydrogen-bond donors (Lipinski definition) is 3. The van der Waals surface area contributed by atoms with Crippen LogP contribution >= 0.6 is 11.6 Å². The molecule has 0 radical (unpaired) electrons. The molecule has 0 saturated carbocycles. The number of pyridine rings is 1. The lowest BCUT2D eigenvalue weighted by Gasteiger charge is -2.11. The molecule has 4 rings (SSSR count). The lowest BCUT2D eigenvalue weighted by molar-refractivity contribution is 0.438. The highest BCUT2D eigenvalue weighted by Gasteiger charge is 2.16. The maximum absolute atomic E-state index is 14.4. The molecule has 8 heteroatoms. The van der Waals surface area contributed by atoms with Crippen LogP contribution in [0, 0.1) is 11.6 Å². The van der Waals surface area contributed by atoms with Gasteiger partial charge in [0.15, 0.2) is 5.65 Å². The molecule has 3 N–H and O–H groups in total. The van der Waals surface area contributed by atoms with Crippen molar-refractivity contribution in [2.75, 3.05) is 5.32 Å². The predicted molar refractivity (Wildman–Crippen MR) is 96.1 cm³/mol. The second-order valence-electron chi connectivity index (χ2n) is 6.14. The molecule has 1 aliphatic rings. The average molecular weight is 377 g/mol. The van der Waals surface area contributed by atoms with Gasteiger partial charge in [0, 0.05) is 12.1 Å². The second kappa shape index (κ2) is 6.57. The van der Waals surface area contributed by atoms with Crippen LogP contribution in [0.2, 0.25) is 5.02 Å². The Morgan fingerprint density at radius 2 is 1.96 bits per heavy atom. The van der Waals surface area contributed by atoms with Gasteiger partial charge in [-0.05, 0) is 48.6 Å². The van der Waals surface area contributed by atoms with Gasteiger partial charge in [-0.1, -0.05) is 17.7 Å². The number of halogens is 3. The summed E-state index contributed by atoms with van der Waals surface area (Å²) in [4.78, 5) is 10.5. The Morgan fingerprint density at radius 1 is 1.19 bits per heavy atom. The van der Waals surface area contributed by atoms with E-state index in [4.69, 9.17) is 11.6 Å². The zero-order valence-electron chi connectivity index (χ0n) is 13.6. The van der Waals surface area contributed by atoms with Crippen LogP contribution in [0.1, 0.15) is 30.4 Å². The fourth-order valence-electron chi connectivity index (χ4n) is 3.09. The molecule has 0 unspecified atom stereocenters. The fourth-order valence-corrected chi connectivity index (χ4v) is 3.31. The van der Waals surface area contributed by atoms with E-state index in [2.05, 4.69) is 20.3 Å². The van der Waals surface area contributed by atoms with Gasteiger partial charge in [0.1, 0.15) is 17.5 Å². The first-order chi connectivity index (χ1) is 12.5. The van der Waals surface area contributed by atoms with Gasteiger partial charge in [-0.3, -0.25) is 0 Å². The maximum Gasteiger partial charge on any atom is 0.293 e. The molecule has 134 valence electrons.